The summed E-state index contributed by atoms with van der Waals surface area (Å²) in [5, 5.41) is 2.74. The highest BCUT2D eigenvalue weighted by atomic mass is 19.1. The zero-order valence-corrected chi connectivity index (χ0v) is 13.3. The molecule has 0 spiro atoms. The maximum atomic E-state index is 13.1. The number of halogens is 1. The summed E-state index contributed by atoms with van der Waals surface area (Å²) < 4.78 is 18.7. The molecule has 5 heteroatoms. The summed E-state index contributed by atoms with van der Waals surface area (Å²) in [6.07, 6.45) is 0.114. The molecule has 2 aromatic carbocycles. The average Bonchev–Trinajstić information content (AvgIpc) is 2.95. The van der Waals surface area contributed by atoms with Crippen LogP contribution in [0.5, 0.6) is 0 Å². The van der Waals surface area contributed by atoms with Gasteiger partial charge >= 0.3 is 0 Å². The molecule has 122 valence electrons. The summed E-state index contributed by atoms with van der Waals surface area (Å²) in [6.45, 7) is 2.04. The number of oxazole rings is 1. The van der Waals surface area contributed by atoms with Crippen molar-refractivity contribution in [3.8, 4) is 11.3 Å². The molecule has 3 rings (SSSR count). The third kappa shape index (κ3) is 3.87. The first-order valence-electron chi connectivity index (χ1n) is 7.64. The van der Waals surface area contributed by atoms with Crippen molar-refractivity contribution in [2.24, 2.45) is 0 Å². The smallest absolute Gasteiger partial charge is 0.224 e. The Morgan fingerprint density at radius 3 is 2.71 bits per heavy atom. The van der Waals surface area contributed by atoms with Crippen LogP contribution in [0.3, 0.4) is 0 Å². The first-order valence-corrected chi connectivity index (χ1v) is 7.64. The first-order chi connectivity index (χ1) is 11.6. The highest BCUT2D eigenvalue weighted by Gasteiger charge is 2.12. The standard InChI is InChI=1S/C19H17FN2O2/c1-13-19(15-7-3-2-4-8-15)22-18(24-13)12-21-17(23)11-14-6-5-9-16(20)10-14/h2-10H,11-12H2,1H3,(H,21,23). The fraction of sp³-hybridized carbons (Fsp3) is 0.158. The van der Waals surface area contributed by atoms with Crippen molar-refractivity contribution in [1.29, 1.82) is 0 Å². The quantitative estimate of drug-likeness (QED) is 0.779. The molecule has 0 unspecified atom stereocenters. The molecule has 0 saturated carbocycles. The van der Waals surface area contributed by atoms with E-state index < -0.39 is 0 Å². The van der Waals surface area contributed by atoms with Gasteiger partial charge in [0.1, 0.15) is 17.3 Å². The van der Waals surface area contributed by atoms with Crippen LogP contribution in [0.25, 0.3) is 11.3 Å². The van der Waals surface area contributed by atoms with Crippen LogP contribution < -0.4 is 5.32 Å². The number of nitrogens with one attached hydrogen (secondary N) is 1. The van der Waals surface area contributed by atoms with Gasteiger partial charge < -0.3 is 9.73 Å². The number of nitrogens with zero attached hydrogens (tertiary/aromatic N) is 1. The second-order valence-electron chi connectivity index (χ2n) is 5.46. The minimum absolute atomic E-state index is 0.114. The lowest BCUT2D eigenvalue weighted by Gasteiger charge is -2.03. The molecule has 0 aliphatic carbocycles. The molecule has 0 saturated heterocycles. The lowest BCUT2D eigenvalue weighted by atomic mass is 10.1. The Hall–Kier alpha value is -2.95. The van der Waals surface area contributed by atoms with E-state index in [0.29, 0.717) is 17.2 Å². The molecule has 0 atom stereocenters. The minimum atomic E-state index is -0.351. The number of aromatic nitrogens is 1. The third-order valence-electron chi connectivity index (χ3n) is 3.58. The molecular formula is C19H17FN2O2. The Labute approximate surface area is 139 Å². The van der Waals surface area contributed by atoms with E-state index in [0.717, 1.165) is 11.3 Å². The van der Waals surface area contributed by atoms with Crippen molar-refractivity contribution in [3.05, 3.63) is 77.6 Å². The molecule has 0 aliphatic heterocycles. The van der Waals surface area contributed by atoms with Gasteiger partial charge in [-0.05, 0) is 24.6 Å². The number of carbonyl (C=O) groups excluding carboxylic acids is 1. The Kier molecular flexibility index (Phi) is 4.70. The Morgan fingerprint density at radius 1 is 1.17 bits per heavy atom. The predicted octanol–water partition coefficient (Wildman–Crippen LogP) is 3.65. The SMILES string of the molecule is Cc1oc(CNC(=O)Cc2cccc(F)c2)nc1-c1ccccc1. The maximum Gasteiger partial charge on any atom is 0.224 e. The van der Waals surface area contributed by atoms with Crippen LogP contribution >= 0.6 is 0 Å². The Bertz CT molecular complexity index is 844. The zero-order valence-electron chi connectivity index (χ0n) is 13.3. The van der Waals surface area contributed by atoms with Gasteiger partial charge in [-0.1, -0.05) is 42.5 Å². The molecule has 1 heterocycles. The van der Waals surface area contributed by atoms with Crippen molar-refractivity contribution < 1.29 is 13.6 Å². The second kappa shape index (κ2) is 7.08. The summed E-state index contributed by atoms with van der Waals surface area (Å²) in [4.78, 5) is 16.4. The average molecular weight is 324 g/mol. The molecule has 0 fully saturated rings. The first kappa shape index (κ1) is 15.9. The number of rotatable bonds is 5. The van der Waals surface area contributed by atoms with Crippen LogP contribution in [0.1, 0.15) is 17.2 Å². The van der Waals surface area contributed by atoms with E-state index in [1.54, 1.807) is 12.1 Å². The van der Waals surface area contributed by atoms with Crippen molar-refractivity contribution in [3.63, 3.8) is 0 Å². The lowest BCUT2D eigenvalue weighted by Crippen LogP contribution is -2.24. The van der Waals surface area contributed by atoms with Crippen LogP contribution in [-0.2, 0) is 17.8 Å². The van der Waals surface area contributed by atoms with E-state index in [1.807, 2.05) is 37.3 Å². The summed E-state index contributed by atoms with van der Waals surface area (Å²) in [5.41, 5.74) is 2.36. The van der Waals surface area contributed by atoms with Crippen LogP contribution in [0.4, 0.5) is 4.39 Å². The van der Waals surface area contributed by atoms with Crippen LogP contribution in [0.15, 0.2) is 59.0 Å². The summed E-state index contributed by atoms with van der Waals surface area (Å²) in [5.74, 6) is 0.586. The highest BCUT2D eigenvalue weighted by Crippen LogP contribution is 2.22. The predicted molar refractivity (Wildman–Crippen MR) is 88.6 cm³/mol. The van der Waals surface area contributed by atoms with Gasteiger partial charge in [-0.25, -0.2) is 9.37 Å². The van der Waals surface area contributed by atoms with Crippen LogP contribution in [0, 0.1) is 12.7 Å². The maximum absolute atomic E-state index is 13.1. The van der Waals surface area contributed by atoms with Gasteiger partial charge in [-0.3, -0.25) is 4.79 Å². The van der Waals surface area contributed by atoms with E-state index in [2.05, 4.69) is 10.3 Å². The molecule has 0 aliphatic rings. The Balaban J connectivity index is 1.62. The van der Waals surface area contributed by atoms with Gasteiger partial charge in [0.15, 0.2) is 0 Å². The van der Waals surface area contributed by atoms with E-state index >= 15 is 0 Å². The normalized spacial score (nSPS) is 10.6. The van der Waals surface area contributed by atoms with Crippen LogP contribution in [-0.4, -0.2) is 10.9 Å². The van der Waals surface area contributed by atoms with E-state index in [1.165, 1.54) is 12.1 Å². The molecular weight excluding hydrogens is 307 g/mol. The minimum Gasteiger partial charge on any atom is -0.443 e. The molecule has 1 N–H and O–H groups in total. The van der Waals surface area contributed by atoms with E-state index in [9.17, 15) is 9.18 Å². The van der Waals surface area contributed by atoms with Crippen LogP contribution in [0.2, 0.25) is 0 Å². The van der Waals surface area contributed by atoms with Crippen molar-refractivity contribution in [2.75, 3.05) is 0 Å². The molecule has 0 radical (unpaired) electrons. The zero-order chi connectivity index (χ0) is 16.9. The topological polar surface area (TPSA) is 55.1 Å². The van der Waals surface area contributed by atoms with Gasteiger partial charge in [-0.2, -0.15) is 0 Å². The molecule has 4 nitrogen and oxygen atoms in total. The molecule has 24 heavy (non-hydrogen) atoms. The lowest BCUT2D eigenvalue weighted by molar-refractivity contribution is -0.120. The van der Waals surface area contributed by atoms with Gasteiger partial charge in [0.25, 0.3) is 0 Å². The highest BCUT2D eigenvalue weighted by molar-refractivity contribution is 5.78. The third-order valence-corrected chi connectivity index (χ3v) is 3.58. The monoisotopic (exact) mass is 324 g/mol. The number of aryl methyl sites for hydroxylation is 1. The molecule has 1 amide bonds. The van der Waals surface area contributed by atoms with Gasteiger partial charge in [0.2, 0.25) is 11.8 Å². The number of hydrogen-bond donors (Lipinski definition) is 1. The number of amides is 1. The molecule has 1 aromatic heterocycles. The van der Waals surface area contributed by atoms with Crippen molar-refractivity contribution >= 4 is 5.91 Å². The summed E-state index contributed by atoms with van der Waals surface area (Å²) in [7, 11) is 0. The van der Waals surface area contributed by atoms with E-state index in [4.69, 9.17) is 4.42 Å². The van der Waals surface area contributed by atoms with Crippen molar-refractivity contribution in [1.82, 2.24) is 10.3 Å². The van der Waals surface area contributed by atoms with Gasteiger partial charge in [-0.15, -0.1) is 0 Å². The second-order valence-corrected chi connectivity index (χ2v) is 5.46. The number of benzene rings is 2. The summed E-state index contributed by atoms with van der Waals surface area (Å²) >= 11 is 0. The van der Waals surface area contributed by atoms with E-state index in [-0.39, 0.29) is 24.7 Å². The van der Waals surface area contributed by atoms with Gasteiger partial charge in [0.05, 0.1) is 13.0 Å². The fourth-order valence-electron chi connectivity index (χ4n) is 2.46. The number of hydrogen-bond acceptors (Lipinski definition) is 3. The molecule has 0 bridgehead atoms. The number of carbonyl (C=O) groups is 1. The molecule has 3 aromatic rings. The summed E-state index contributed by atoms with van der Waals surface area (Å²) in [6, 6.07) is 15.7. The largest absolute Gasteiger partial charge is 0.443 e. The Morgan fingerprint density at radius 2 is 1.96 bits per heavy atom. The fourth-order valence-corrected chi connectivity index (χ4v) is 2.46. The van der Waals surface area contributed by atoms with Gasteiger partial charge in [0, 0.05) is 5.56 Å². The van der Waals surface area contributed by atoms with Crippen molar-refractivity contribution in [2.45, 2.75) is 19.9 Å².